The molecule has 2 aromatic rings. The minimum atomic E-state index is 0.818. The van der Waals surface area contributed by atoms with Gasteiger partial charge in [-0.15, -0.1) is 0 Å². The van der Waals surface area contributed by atoms with E-state index in [1.54, 1.807) is 14.2 Å². The number of quaternary nitrogens is 1. The average molecular weight is 337 g/mol. The lowest BCUT2D eigenvalue weighted by Crippen LogP contribution is -2.80. The highest BCUT2D eigenvalue weighted by molar-refractivity contribution is 9.10. The monoisotopic (exact) mass is 336 g/mol. The molecule has 20 heavy (non-hydrogen) atoms. The van der Waals surface area contributed by atoms with Gasteiger partial charge in [-0.3, -0.25) is 0 Å². The Kier molecular flexibility index (Phi) is 5.44. The standard InChI is InChI=1S/C16H18BrNO2/c1-19-15-8-5-13(16(9-15)20-2)11-18-10-12-3-6-14(17)7-4-12/h3-9,18H,10-11H2,1-2H3/p+1. The van der Waals surface area contributed by atoms with E-state index < -0.39 is 0 Å². The first-order valence-corrected chi connectivity index (χ1v) is 7.29. The van der Waals surface area contributed by atoms with Crippen molar-refractivity contribution in [1.82, 2.24) is 0 Å². The molecular formula is C16H19BrNO2+. The predicted octanol–water partition coefficient (Wildman–Crippen LogP) is 2.73. The molecule has 0 fully saturated rings. The van der Waals surface area contributed by atoms with Crippen LogP contribution in [0.15, 0.2) is 46.9 Å². The quantitative estimate of drug-likeness (QED) is 0.880. The molecule has 0 aliphatic heterocycles. The molecule has 2 N–H and O–H groups in total. The van der Waals surface area contributed by atoms with Crippen LogP contribution in [0.3, 0.4) is 0 Å². The van der Waals surface area contributed by atoms with Crippen molar-refractivity contribution in [2.24, 2.45) is 0 Å². The van der Waals surface area contributed by atoms with Gasteiger partial charge in [-0.05, 0) is 24.3 Å². The van der Waals surface area contributed by atoms with Crippen LogP contribution < -0.4 is 14.8 Å². The van der Waals surface area contributed by atoms with Crippen LogP contribution in [0.4, 0.5) is 0 Å². The van der Waals surface area contributed by atoms with Crippen molar-refractivity contribution >= 4 is 15.9 Å². The van der Waals surface area contributed by atoms with E-state index in [4.69, 9.17) is 9.47 Å². The molecule has 0 spiro atoms. The second-order valence-corrected chi connectivity index (χ2v) is 5.42. The molecule has 0 saturated heterocycles. The molecule has 0 amide bonds. The molecule has 3 nitrogen and oxygen atoms in total. The molecule has 0 unspecified atom stereocenters. The summed E-state index contributed by atoms with van der Waals surface area (Å²) < 4.78 is 11.7. The number of rotatable bonds is 6. The van der Waals surface area contributed by atoms with Crippen molar-refractivity contribution in [3.05, 3.63) is 58.1 Å². The minimum absolute atomic E-state index is 0.818. The van der Waals surface area contributed by atoms with E-state index in [0.717, 1.165) is 29.1 Å². The highest BCUT2D eigenvalue weighted by atomic mass is 79.9. The third-order valence-electron chi connectivity index (χ3n) is 3.15. The van der Waals surface area contributed by atoms with Gasteiger partial charge in [-0.1, -0.05) is 28.1 Å². The molecule has 2 rings (SSSR count). The Labute approximate surface area is 128 Å². The highest BCUT2D eigenvalue weighted by Gasteiger charge is 2.06. The number of hydrogen-bond acceptors (Lipinski definition) is 2. The maximum Gasteiger partial charge on any atom is 0.131 e. The highest BCUT2D eigenvalue weighted by Crippen LogP contribution is 2.23. The Balaban J connectivity index is 1.95. The minimum Gasteiger partial charge on any atom is -0.497 e. The molecule has 106 valence electrons. The molecule has 4 heteroatoms. The molecule has 0 aliphatic carbocycles. The van der Waals surface area contributed by atoms with Crippen molar-refractivity contribution in [2.75, 3.05) is 14.2 Å². The van der Waals surface area contributed by atoms with Crippen molar-refractivity contribution in [3.63, 3.8) is 0 Å². The number of ether oxygens (including phenoxy) is 2. The molecule has 0 heterocycles. The van der Waals surface area contributed by atoms with Crippen LogP contribution in [-0.4, -0.2) is 14.2 Å². The van der Waals surface area contributed by atoms with Crippen LogP contribution in [0, 0.1) is 0 Å². The smallest absolute Gasteiger partial charge is 0.131 e. The van der Waals surface area contributed by atoms with E-state index in [1.807, 2.05) is 12.1 Å². The third kappa shape index (κ3) is 3.99. The maximum absolute atomic E-state index is 5.40. The molecule has 0 atom stereocenters. The molecular weight excluding hydrogens is 318 g/mol. The first kappa shape index (κ1) is 14.9. The van der Waals surface area contributed by atoms with Crippen LogP contribution in [-0.2, 0) is 13.1 Å². The fraction of sp³-hybridized carbons (Fsp3) is 0.250. The molecule has 0 bridgehead atoms. The van der Waals surface area contributed by atoms with Gasteiger partial charge in [0.2, 0.25) is 0 Å². The number of benzene rings is 2. The van der Waals surface area contributed by atoms with Crippen LogP contribution in [0.25, 0.3) is 0 Å². The Hall–Kier alpha value is -1.52. The summed E-state index contributed by atoms with van der Waals surface area (Å²) in [6, 6.07) is 14.3. The second-order valence-electron chi connectivity index (χ2n) is 4.50. The summed E-state index contributed by atoms with van der Waals surface area (Å²) in [5.74, 6) is 1.69. The van der Waals surface area contributed by atoms with Gasteiger partial charge in [-0.25, -0.2) is 0 Å². The fourth-order valence-electron chi connectivity index (χ4n) is 2.04. The number of halogens is 1. The lowest BCUT2D eigenvalue weighted by Gasteiger charge is -2.09. The first-order chi connectivity index (χ1) is 9.72. The zero-order chi connectivity index (χ0) is 14.4. The number of hydrogen-bond donors (Lipinski definition) is 1. The van der Waals surface area contributed by atoms with Crippen molar-refractivity contribution < 1.29 is 14.8 Å². The number of nitrogens with two attached hydrogens (primary N) is 1. The zero-order valence-corrected chi connectivity index (χ0v) is 13.3. The van der Waals surface area contributed by atoms with Crippen LogP contribution in [0.5, 0.6) is 11.5 Å². The largest absolute Gasteiger partial charge is 0.497 e. The molecule has 2 aromatic carbocycles. The summed E-state index contributed by atoms with van der Waals surface area (Å²) in [6.45, 7) is 1.83. The summed E-state index contributed by atoms with van der Waals surface area (Å²) in [6.07, 6.45) is 0. The lowest BCUT2D eigenvalue weighted by molar-refractivity contribution is -0.686. The molecule has 0 aromatic heterocycles. The Morgan fingerprint density at radius 1 is 0.950 bits per heavy atom. The van der Waals surface area contributed by atoms with Gasteiger partial charge >= 0.3 is 0 Å². The third-order valence-corrected chi connectivity index (χ3v) is 3.68. The van der Waals surface area contributed by atoms with Crippen LogP contribution in [0.2, 0.25) is 0 Å². The summed E-state index contributed by atoms with van der Waals surface area (Å²) in [5, 5.41) is 2.26. The van der Waals surface area contributed by atoms with Gasteiger partial charge in [0.05, 0.1) is 14.2 Å². The zero-order valence-electron chi connectivity index (χ0n) is 11.7. The van der Waals surface area contributed by atoms with E-state index in [0.29, 0.717) is 0 Å². The summed E-state index contributed by atoms with van der Waals surface area (Å²) >= 11 is 3.44. The Bertz CT molecular complexity index is 555. The first-order valence-electron chi connectivity index (χ1n) is 6.50. The van der Waals surface area contributed by atoms with E-state index in [1.165, 1.54) is 11.1 Å². The normalized spacial score (nSPS) is 10.3. The van der Waals surface area contributed by atoms with Crippen LogP contribution in [0.1, 0.15) is 11.1 Å². The van der Waals surface area contributed by atoms with Gasteiger partial charge < -0.3 is 14.8 Å². The average Bonchev–Trinajstić information content (AvgIpc) is 2.49. The molecule has 0 radical (unpaired) electrons. The predicted molar refractivity (Wildman–Crippen MR) is 83.0 cm³/mol. The van der Waals surface area contributed by atoms with E-state index >= 15 is 0 Å². The van der Waals surface area contributed by atoms with Gasteiger partial charge in [0.25, 0.3) is 0 Å². The summed E-state index contributed by atoms with van der Waals surface area (Å²) in [5.41, 5.74) is 2.48. The summed E-state index contributed by atoms with van der Waals surface area (Å²) in [4.78, 5) is 0. The van der Waals surface area contributed by atoms with Crippen molar-refractivity contribution in [3.8, 4) is 11.5 Å². The van der Waals surface area contributed by atoms with Gasteiger partial charge in [0.15, 0.2) is 0 Å². The van der Waals surface area contributed by atoms with E-state index in [9.17, 15) is 0 Å². The van der Waals surface area contributed by atoms with Crippen molar-refractivity contribution in [1.29, 1.82) is 0 Å². The second kappa shape index (κ2) is 7.31. The van der Waals surface area contributed by atoms with Gasteiger partial charge in [0.1, 0.15) is 24.6 Å². The van der Waals surface area contributed by atoms with E-state index in [2.05, 4.69) is 51.6 Å². The molecule has 0 saturated carbocycles. The topological polar surface area (TPSA) is 35.1 Å². The number of methoxy groups -OCH3 is 2. The van der Waals surface area contributed by atoms with Gasteiger partial charge in [0, 0.05) is 21.7 Å². The maximum atomic E-state index is 5.40. The van der Waals surface area contributed by atoms with Crippen molar-refractivity contribution in [2.45, 2.75) is 13.1 Å². The fourth-order valence-corrected chi connectivity index (χ4v) is 2.30. The Morgan fingerprint density at radius 3 is 2.35 bits per heavy atom. The van der Waals surface area contributed by atoms with Crippen LogP contribution >= 0.6 is 15.9 Å². The summed E-state index contributed by atoms with van der Waals surface area (Å²) in [7, 11) is 3.35. The van der Waals surface area contributed by atoms with E-state index in [-0.39, 0.29) is 0 Å². The Morgan fingerprint density at radius 2 is 1.70 bits per heavy atom. The SMILES string of the molecule is COc1ccc(C[NH2+]Cc2ccc(Br)cc2)c(OC)c1. The van der Waals surface area contributed by atoms with Gasteiger partial charge in [-0.2, -0.15) is 0 Å². The molecule has 0 aliphatic rings. The lowest BCUT2D eigenvalue weighted by atomic mass is 10.1.